The van der Waals surface area contributed by atoms with Crippen LogP contribution >= 0.6 is 0 Å². The number of rotatable bonds is 4. The highest BCUT2D eigenvalue weighted by atomic mass is 16.5. The number of nitrogens with two attached hydrogens (primary N) is 1. The van der Waals surface area contributed by atoms with Gasteiger partial charge in [0.25, 0.3) is 0 Å². The van der Waals surface area contributed by atoms with Gasteiger partial charge < -0.3 is 15.5 Å². The average molecular weight is 216 g/mol. The predicted molar refractivity (Wildman–Crippen MR) is 62.1 cm³/mol. The molecule has 0 saturated heterocycles. The maximum absolute atomic E-state index is 5.43. The van der Waals surface area contributed by atoms with Gasteiger partial charge in [-0.05, 0) is 31.2 Å². The molecule has 0 spiro atoms. The fourth-order valence-electron chi connectivity index (χ4n) is 1.43. The number of aromatic amines is 1. The quantitative estimate of drug-likeness (QED) is 0.814. The predicted octanol–water partition coefficient (Wildman–Crippen LogP) is 1.52. The van der Waals surface area contributed by atoms with Gasteiger partial charge in [-0.25, -0.2) is 4.98 Å². The lowest BCUT2D eigenvalue weighted by atomic mass is 10.1. The SMILES string of the molecule is Cc1ncc(-c2c[c]cc(OCCN)c2)[nH]1. The zero-order valence-electron chi connectivity index (χ0n) is 9.16. The first-order valence-electron chi connectivity index (χ1n) is 5.15. The Morgan fingerprint density at radius 2 is 2.38 bits per heavy atom. The van der Waals surface area contributed by atoms with Crippen molar-refractivity contribution < 1.29 is 4.74 Å². The third kappa shape index (κ3) is 2.41. The molecule has 1 aromatic carbocycles. The summed E-state index contributed by atoms with van der Waals surface area (Å²) in [6.45, 7) is 2.94. The van der Waals surface area contributed by atoms with E-state index in [2.05, 4.69) is 16.0 Å². The molecular weight excluding hydrogens is 202 g/mol. The molecule has 0 aliphatic heterocycles. The Bertz CT molecular complexity index is 465. The van der Waals surface area contributed by atoms with E-state index in [1.807, 2.05) is 19.1 Å². The standard InChI is InChI=1S/C12H14N3O/c1-9-14-8-12(15-9)10-3-2-4-11(7-10)16-6-5-13/h3-4,7-8H,5-6,13H2,1H3,(H,14,15). The van der Waals surface area contributed by atoms with Crippen LogP contribution in [0.3, 0.4) is 0 Å². The van der Waals surface area contributed by atoms with Crippen molar-refractivity contribution >= 4 is 0 Å². The van der Waals surface area contributed by atoms with Crippen molar-refractivity contribution in [2.75, 3.05) is 13.2 Å². The molecule has 2 rings (SSSR count). The van der Waals surface area contributed by atoms with Crippen molar-refractivity contribution in [2.45, 2.75) is 6.92 Å². The second-order valence-electron chi connectivity index (χ2n) is 3.48. The highest BCUT2D eigenvalue weighted by molar-refractivity contribution is 5.60. The van der Waals surface area contributed by atoms with E-state index in [4.69, 9.17) is 10.5 Å². The van der Waals surface area contributed by atoms with Crippen molar-refractivity contribution in [2.24, 2.45) is 5.73 Å². The Balaban J connectivity index is 2.22. The normalized spacial score (nSPS) is 10.4. The maximum Gasteiger partial charge on any atom is 0.120 e. The molecule has 1 aromatic heterocycles. The Morgan fingerprint density at radius 3 is 3.06 bits per heavy atom. The molecule has 0 fully saturated rings. The third-order valence-electron chi connectivity index (χ3n) is 2.16. The number of aryl methyl sites for hydroxylation is 1. The second kappa shape index (κ2) is 4.81. The van der Waals surface area contributed by atoms with Crippen molar-refractivity contribution in [1.29, 1.82) is 0 Å². The van der Waals surface area contributed by atoms with E-state index in [9.17, 15) is 0 Å². The van der Waals surface area contributed by atoms with Crippen LogP contribution in [0.25, 0.3) is 11.3 Å². The summed E-state index contributed by atoms with van der Waals surface area (Å²) < 4.78 is 5.43. The molecule has 16 heavy (non-hydrogen) atoms. The molecule has 2 aromatic rings. The van der Waals surface area contributed by atoms with Crippen LogP contribution in [0.2, 0.25) is 0 Å². The summed E-state index contributed by atoms with van der Waals surface area (Å²) in [4.78, 5) is 7.32. The maximum atomic E-state index is 5.43. The van der Waals surface area contributed by atoms with Gasteiger partial charge in [-0.15, -0.1) is 0 Å². The molecule has 1 radical (unpaired) electrons. The highest BCUT2D eigenvalue weighted by Gasteiger charge is 2.02. The van der Waals surface area contributed by atoms with Gasteiger partial charge in [0.2, 0.25) is 0 Å². The van der Waals surface area contributed by atoms with Gasteiger partial charge in [0.15, 0.2) is 0 Å². The lowest BCUT2D eigenvalue weighted by Crippen LogP contribution is -2.10. The Morgan fingerprint density at radius 1 is 1.50 bits per heavy atom. The number of hydrogen-bond donors (Lipinski definition) is 2. The first-order chi connectivity index (χ1) is 7.79. The van der Waals surface area contributed by atoms with Crippen LogP contribution in [0.15, 0.2) is 24.4 Å². The molecule has 0 aliphatic rings. The van der Waals surface area contributed by atoms with Crippen LogP contribution in [0.5, 0.6) is 5.75 Å². The number of ether oxygens (including phenoxy) is 1. The number of nitrogens with one attached hydrogen (secondary N) is 1. The summed E-state index contributed by atoms with van der Waals surface area (Å²) >= 11 is 0. The number of nitrogens with zero attached hydrogens (tertiary/aromatic N) is 1. The van der Waals surface area contributed by atoms with Gasteiger partial charge in [0, 0.05) is 12.1 Å². The lowest BCUT2D eigenvalue weighted by molar-refractivity contribution is 0.328. The summed E-state index contributed by atoms with van der Waals surface area (Å²) in [6, 6.07) is 8.66. The van der Waals surface area contributed by atoms with Crippen LogP contribution in [0, 0.1) is 13.0 Å². The van der Waals surface area contributed by atoms with Crippen LogP contribution in [0.4, 0.5) is 0 Å². The minimum absolute atomic E-state index is 0.507. The summed E-state index contributed by atoms with van der Waals surface area (Å²) in [7, 11) is 0. The van der Waals surface area contributed by atoms with Crippen LogP contribution < -0.4 is 10.5 Å². The lowest BCUT2D eigenvalue weighted by Gasteiger charge is -2.05. The van der Waals surface area contributed by atoms with Gasteiger partial charge in [-0.1, -0.05) is 0 Å². The molecular formula is C12H14N3O. The number of aromatic nitrogens is 2. The molecule has 4 nitrogen and oxygen atoms in total. The fraction of sp³-hybridized carbons (Fsp3) is 0.250. The van der Waals surface area contributed by atoms with Crippen LogP contribution in [-0.2, 0) is 0 Å². The first-order valence-corrected chi connectivity index (χ1v) is 5.15. The van der Waals surface area contributed by atoms with Gasteiger partial charge in [0.05, 0.1) is 11.9 Å². The third-order valence-corrected chi connectivity index (χ3v) is 2.16. The smallest absolute Gasteiger partial charge is 0.120 e. The van der Waals surface area contributed by atoms with E-state index in [0.29, 0.717) is 13.2 Å². The van der Waals surface area contributed by atoms with E-state index in [0.717, 1.165) is 22.8 Å². The van der Waals surface area contributed by atoms with E-state index in [1.165, 1.54) is 0 Å². The van der Waals surface area contributed by atoms with Gasteiger partial charge >= 0.3 is 0 Å². The van der Waals surface area contributed by atoms with Crippen molar-refractivity contribution in [3.8, 4) is 17.0 Å². The molecule has 0 saturated carbocycles. The van der Waals surface area contributed by atoms with E-state index < -0.39 is 0 Å². The fourth-order valence-corrected chi connectivity index (χ4v) is 1.43. The number of imidazole rings is 1. The van der Waals surface area contributed by atoms with Crippen LogP contribution in [0.1, 0.15) is 5.82 Å². The van der Waals surface area contributed by atoms with Crippen molar-refractivity contribution in [1.82, 2.24) is 9.97 Å². The molecule has 0 amide bonds. The van der Waals surface area contributed by atoms with E-state index in [-0.39, 0.29) is 0 Å². The van der Waals surface area contributed by atoms with E-state index >= 15 is 0 Å². The Labute approximate surface area is 94.5 Å². The molecule has 83 valence electrons. The van der Waals surface area contributed by atoms with Gasteiger partial charge in [-0.3, -0.25) is 0 Å². The van der Waals surface area contributed by atoms with Gasteiger partial charge in [0.1, 0.15) is 18.2 Å². The average Bonchev–Trinajstić information content (AvgIpc) is 2.74. The van der Waals surface area contributed by atoms with Crippen molar-refractivity contribution in [3.05, 3.63) is 36.3 Å². The number of H-pyrrole nitrogens is 1. The van der Waals surface area contributed by atoms with Gasteiger partial charge in [-0.2, -0.15) is 0 Å². The summed E-state index contributed by atoms with van der Waals surface area (Å²) in [5.74, 6) is 1.67. The summed E-state index contributed by atoms with van der Waals surface area (Å²) in [5.41, 5.74) is 7.35. The first kappa shape index (κ1) is 10.7. The minimum Gasteiger partial charge on any atom is -0.492 e. The van der Waals surface area contributed by atoms with E-state index in [1.54, 1.807) is 12.3 Å². The highest BCUT2D eigenvalue weighted by Crippen LogP contribution is 2.21. The topological polar surface area (TPSA) is 63.9 Å². The largest absolute Gasteiger partial charge is 0.492 e. The molecule has 1 heterocycles. The molecule has 0 aliphatic carbocycles. The van der Waals surface area contributed by atoms with Crippen molar-refractivity contribution in [3.63, 3.8) is 0 Å². The number of hydrogen-bond acceptors (Lipinski definition) is 3. The summed E-state index contributed by atoms with van der Waals surface area (Å²) in [6.07, 6.45) is 1.80. The molecule has 0 bridgehead atoms. The number of benzene rings is 1. The zero-order chi connectivity index (χ0) is 11.4. The van der Waals surface area contributed by atoms with Crippen LogP contribution in [-0.4, -0.2) is 23.1 Å². The molecule has 0 atom stereocenters. The monoisotopic (exact) mass is 216 g/mol. The molecule has 4 heteroatoms. The second-order valence-corrected chi connectivity index (χ2v) is 3.48. The molecule has 3 N–H and O–H groups in total. The Hall–Kier alpha value is -1.81. The minimum atomic E-state index is 0.507. The Kier molecular flexibility index (Phi) is 3.22. The molecule has 0 unspecified atom stereocenters. The zero-order valence-corrected chi connectivity index (χ0v) is 9.16. The summed E-state index contributed by atoms with van der Waals surface area (Å²) in [5, 5.41) is 0.